The summed E-state index contributed by atoms with van der Waals surface area (Å²) in [4.78, 5) is 0. The fraction of sp³-hybridized carbons (Fsp3) is 0.222. The standard InChI is InChI=1S/C18H17F3N2/c1-2-3-14-4-6-15(7-5-14)12-22-23-13-16-8-10-17(11-9-16)18(19,20)21/h4-13H,2-3H2,1H3. The van der Waals surface area contributed by atoms with Crippen LogP contribution in [0.15, 0.2) is 58.7 Å². The Morgan fingerprint density at radius 2 is 1.30 bits per heavy atom. The SMILES string of the molecule is CCCc1ccc(C=NN=Cc2ccc(C(F)(F)F)cc2)cc1. The maximum atomic E-state index is 12.4. The quantitative estimate of drug-likeness (QED) is 0.540. The molecule has 5 heteroatoms. The number of rotatable bonds is 5. The van der Waals surface area contributed by atoms with E-state index in [1.165, 1.54) is 23.9 Å². The van der Waals surface area contributed by atoms with Crippen molar-refractivity contribution in [3.63, 3.8) is 0 Å². The molecule has 0 amide bonds. The van der Waals surface area contributed by atoms with Gasteiger partial charge in [-0.3, -0.25) is 0 Å². The molecule has 0 saturated carbocycles. The lowest BCUT2D eigenvalue weighted by Crippen LogP contribution is -2.04. The molecule has 0 saturated heterocycles. The normalized spacial score (nSPS) is 12.3. The fourth-order valence-electron chi connectivity index (χ4n) is 2.02. The van der Waals surface area contributed by atoms with Crippen LogP contribution >= 0.6 is 0 Å². The Balaban J connectivity index is 1.95. The van der Waals surface area contributed by atoms with E-state index in [4.69, 9.17) is 0 Å². The first-order valence-corrected chi connectivity index (χ1v) is 7.31. The molecule has 0 aliphatic rings. The van der Waals surface area contributed by atoms with Gasteiger partial charge in [0.25, 0.3) is 0 Å². The average molecular weight is 318 g/mol. The van der Waals surface area contributed by atoms with Crippen LogP contribution in [0.5, 0.6) is 0 Å². The van der Waals surface area contributed by atoms with Crippen molar-refractivity contribution in [1.29, 1.82) is 0 Å². The van der Waals surface area contributed by atoms with Gasteiger partial charge in [0.05, 0.1) is 18.0 Å². The molecule has 0 spiro atoms. The number of nitrogens with zero attached hydrogens (tertiary/aromatic N) is 2. The van der Waals surface area contributed by atoms with Crippen molar-refractivity contribution >= 4 is 12.4 Å². The molecule has 0 unspecified atom stereocenters. The van der Waals surface area contributed by atoms with E-state index in [1.807, 2.05) is 24.3 Å². The molecule has 2 nitrogen and oxygen atoms in total. The Bertz CT molecular complexity index is 669. The highest BCUT2D eigenvalue weighted by Gasteiger charge is 2.29. The Labute approximate surface area is 133 Å². The number of hydrogen-bond donors (Lipinski definition) is 0. The molecular weight excluding hydrogens is 301 g/mol. The van der Waals surface area contributed by atoms with Gasteiger partial charge >= 0.3 is 6.18 Å². The highest BCUT2D eigenvalue weighted by molar-refractivity contribution is 5.82. The smallest absolute Gasteiger partial charge is 0.166 e. The summed E-state index contributed by atoms with van der Waals surface area (Å²) >= 11 is 0. The summed E-state index contributed by atoms with van der Waals surface area (Å²) < 4.78 is 37.3. The molecule has 2 aromatic rings. The minimum absolute atomic E-state index is 0.563. The van der Waals surface area contributed by atoms with E-state index >= 15 is 0 Å². The van der Waals surface area contributed by atoms with Crippen LogP contribution in [0.3, 0.4) is 0 Å². The summed E-state index contributed by atoms with van der Waals surface area (Å²) in [7, 11) is 0. The first-order valence-electron chi connectivity index (χ1n) is 7.31. The first-order chi connectivity index (χ1) is 11.0. The third-order valence-electron chi connectivity index (χ3n) is 3.24. The minimum Gasteiger partial charge on any atom is -0.166 e. The third kappa shape index (κ3) is 5.36. The summed E-state index contributed by atoms with van der Waals surface area (Å²) in [6, 6.07) is 12.8. The van der Waals surface area contributed by atoms with Crippen molar-refractivity contribution in [3.8, 4) is 0 Å². The molecule has 0 aliphatic carbocycles. The van der Waals surface area contributed by atoms with Crippen molar-refractivity contribution < 1.29 is 13.2 Å². The van der Waals surface area contributed by atoms with E-state index in [2.05, 4.69) is 17.1 Å². The van der Waals surface area contributed by atoms with E-state index in [-0.39, 0.29) is 0 Å². The maximum Gasteiger partial charge on any atom is 0.416 e. The van der Waals surface area contributed by atoms with Crippen LogP contribution in [0.1, 0.15) is 35.6 Å². The summed E-state index contributed by atoms with van der Waals surface area (Å²) in [5.74, 6) is 0. The summed E-state index contributed by atoms with van der Waals surface area (Å²) in [5.41, 5.74) is 2.09. The van der Waals surface area contributed by atoms with E-state index in [1.54, 1.807) is 6.21 Å². The van der Waals surface area contributed by atoms with Crippen molar-refractivity contribution in [3.05, 3.63) is 70.8 Å². The van der Waals surface area contributed by atoms with Gasteiger partial charge in [-0.15, -0.1) is 0 Å². The minimum atomic E-state index is -4.32. The van der Waals surface area contributed by atoms with Crippen molar-refractivity contribution in [2.45, 2.75) is 25.9 Å². The lowest BCUT2D eigenvalue weighted by Gasteiger charge is -2.05. The van der Waals surface area contributed by atoms with Crippen LogP contribution in [0.2, 0.25) is 0 Å². The summed E-state index contributed by atoms with van der Waals surface area (Å²) in [5, 5.41) is 7.76. The number of benzene rings is 2. The second kappa shape index (κ2) is 7.72. The Morgan fingerprint density at radius 3 is 1.74 bits per heavy atom. The van der Waals surface area contributed by atoms with E-state index in [0.717, 1.165) is 30.5 Å². The number of aryl methyl sites for hydroxylation is 1. The Hall–Kier alpha value is -2.43. The lowest BCUT2D eigenvalue weighted by atomic mass is 10.1. The second-order valence-corrected chi connectivity index (χ2v) is 5.10. The summed E-state index contributed by atoms with van der Waals surface area (Å²) in [6.45, 7) is 2.13. The fourth-order valence-corrected chi connectivity index (χ4v) is 2.02. The van der Waals surface area contributed by atoms with Crippen LogP contribution in [-0.2, 0) is 12.6 Å². The van der Waals surface area contributed by atoms with Gasteiger partial charge in [0.15, 0.2) is 0 Å². The van der Waals surface area contributed by atoms with Gasteiger partial charge < -0.3 is 0 Å². The highest BCUT2D eigenvalue weighted by atomic mass is 19.4. The van der Waals surface area contributed by atoms with Gasteiger partial charge in [0, 0.05) is 0 Å². The van der Waals surface area contributed by atoms with E-state index < -0.39 is 11.7 Å². The molecule has 23 heavy (non-hydrogen) atoms. The molecule has 2 rings (SSSR count). The average Bonchev–Trinajstić information content (AvgIpc) is 2.53. The molecule has 120 valence electrons. The van der Waals surface area contributed by atoms with Gasteiger partial charge in [-0.05, 0) is 35.2 Å². The van der Waals surface area contributed by atoms with Crippen LogP contribution in [0.25, 0.3) is 0 Å². The molecule has 0 heterocycles. The van der Waals surface area contributed by atoms with E-state index in [9.17, 15) is 13.2 Å². The zero-order chi connectivity index (χ0) is 16.7. The van der Waals surface area contributed by atoms with Gasteiger partial charge in [-0.1, -0.05) is 49.7 Å². The van der Waals surface area contributed by atoms with Gasteiger partial charge in [0.1, 0.15) is 0 Å². The van der Waals surface area contributed by atoms with Crippen molar-refractivity contribution in [1.82, 2.24) is 0 Å². The molecule has 2 aromatic carbocycles. The molecule has 0 radical (unpaired) electrons. The molecule has 0 bridgehead atoms. The molecule has 0 N–H and O–H groups in total. The lowest BCUT2D eigenvalue weighted by molar-refractivity contribution is -0.137. The van der Waals surface area contributed by atoms with Crippen LogP contribution in [0.4, 0.5) is 13.2 Å². The number of halogens is 3. The second-order valence-electron chi connectivity index (χ2n) is 5.10. The molecule has 0 aromatic heterocycles. The maximum absolute atomic E-state index is 12.4. The zero-order valence-corrected chi connectivity index (χ0v) is 12.7. The van der Waals surface area contributed by atoms with Gasteiger partial charge in [0.2, 0.25) is 0 Å². The van der Waals surface area contributed by atoms with Crippen molar-refractivity contribution in [2.75, 3.05) is 0 Å². The zero-order valence-electron chi connectivity index (χ0n) is 12.7. The monoisotopic (exact) mass is 318 g/mol. The van der Waals surface area contributed by atoms with Crippen LogP contribution < -0.4 is 0 Å². The number of alkyl halides is 3. The van der Waals surface area contributed by atoms with Gasteiger partial charge in [-0.2, -0.15) is 23.4 Å². The van der Waals surface area contributed by atoms with Crippen LogP contribution in [0, 0.1) is 0 Å². The van der Waals surface area contributed by atoms with Crippen molar-refractivity contribution in [2.24, 2.45) is 10.2 Å². The van der Waals surface area contributed by atoms with Gasteiger partial charge in [-0.25, -0.2) is 0 Å². The predicted octanol–water partition coefficient (Wildman–Crippen LogP) is 5.11. The molecular formula is C18H17F3N2. The molecule has 0 fully saturated rings. The Kier molecular flexibility index (Phi) is 5.68. The topological polar surface area (TPSA) is 24.7 Å². The largest absolute Gasteiger partial charge is 0.416 e. The molecule has 0 aliphatic heterocycles. The Morgan fingerprint density at radius 1 is 0.826 bits per heavy atom. The predicted molar refractivity (Wildman–Crippen MR) is 87.1 cm³/mol. The molecule has 0 atom stereocenters. The number of hydrogen-bond acceptors (Lipinski definition) is 2. The summed E-state index contributed by atoms with van der Waals surface area (Å²) in [6.07, 6.45) is 0.852. The first kappa shape index (κ1) is 16.9. The third-order valence-corrected chi connectivity index (χ3v) is 3.24. The van der Waals surface area contributed by atoms with E-state index in [0.29, 0.717) is 5.56 Å². The highest BCUT2D eigenvalue weighted by Crippen LogP contribution is 2.28. The van der Waals surface area contributed by atoms with Crippen LogP contribution in [-0.4, -0.2) is 12.4 Å².